The summed E-state index contributed by atoms with van der Waals surface area (Å²) >= 11 is 0. The summed E-state index contributed by atoms with van der Waals surface area (Å²) in [5.74, 6) is -1.26. The van der Waals surface area contributed by atoms with E-state index in [-0.39, 0.29) is 34.4 Å². The Morgan fingerprint density at radius 1 is 1.21 bits per heavy atom. The highest BCUT2D eigenvalue weighted by Crippen LogP contribution is 2.32. The average molecular weight is 483 g/mol. The van der Waals surface area contributed by atoms with E-state index in [1.807, 2.05) is 13.8 Å². The maximum Gasteiger partial charge on any atom is 0.573 e. The number of hydrogen-bond acceptors (Lipinski definition) is 7. The second-order valence-corrected chi connectivity index (χ2v) is 10.5. The minimum Gasteiger partial charge on any atom is -0.404 e. The molecule has 0 aliphatic carbocycles. The van der Waals surface area contributed by atoms with Gasteiger partial charge in [-0.05, 0) is 32.9 Å². The van der Waals surface area contributed by atoms with E-state index < -0.39 is 33.4 Å². The normalized spacial score (nSPS) is 17.1. The van der Waals surface area contributed by atoms with Crippen LogP contribution in [-0.4, -0.2) is 57.5 Å². The second kappa shape index (κ2) is 7.68. The lowest BCUT2D eigenvalue weighted by Crippen LogP contribution is -2.63. The van der Waals surface area contributed by atoms with Crippen LogP contribution in [0, 0.1) is 0 Å². The summed E-state index contributed by atoms with van der Waals surface area (Å²) in [6.45, 7) is 5.35. The maximum atomic E-state index is 12.7. The van der Waals surface area contributed by atoms with Crippen molar-refractivity contribution >= 4 is 26.8 Å². The van der Waals surface area contributed by atoms with Crippen molar-refractivity contribution in [3.05, 3.63) is 36.3 Å². The summed E-state index contributed by atoms with van der Waals surface area (Å²) in [5.41, 5.74) is 0.748. The Labute approximate surface area is 186 Å². The maximum absolute atomic E-state index is 12.7. The number of alkyl halides is 3. The number of nitrogens with zero attached hydrogens (tertiary/aromatic N) is 4. The number of sulfone groups is 1. The van der Waals surface area contributed by atoms with Crippen molar-refractivity contribution in [1.82, 2.24) is 25.1 Å². The van der Waals surface area contributed by atoms with Gasteiger partial charge in [0.05, 0.1) is 34.3 Å². The third-order valence-electron chi connectivity index (χ3n) is 5.01. The largest absolute Gasteiger partial charge is 0.573 e. The topological polar surface area (TPSA) is 116 Å². The Hall–Kier alpha value is -3.22. The van der Waals surface area contributed by atoms with Crippen molar-refractivity contribution in [3.8, 4) is 17.0 Å². The lowest BCUT2D eigenvalue weighted by molar-refractivity contribution is -0.274. The molecule has 3 aromatic rings. The van der Waals surface area contributed by atoms with Crippen LogP contribution in [0.1, 0.15) is 37.2 Å². The molecule has 3 aromatic heterocycles. The molecule has 0 saturated carbocycles. The first-order chi connectivity index (χ1) is 15.3. The molecule has 1 aliphatic rings. The zero-order chi connectivity index (χ0) is 24.2. The summed E-state index contributed by atoms with van der Waals surface area (Å²) in [7, 11) is -3.14. The number of pyridine rings is 2. The van der Waals surface area contributed by atoms with Crippen LogP contribution >= 0.6 is 0 Å². The number of carbonyl (C=O) groups excluding carboxylic acids is 1. The molecule has 1 saturated heterocycles. The number of rotatable bonds is 5. The molecule has 4 heterocycles. The molecule has 0 spiro atoms. The fourth-order valence-corrected chi connectivity index (χ4v) is 5.82. The molecular formula is C20H20F3N5O4S. The summed E-state index contributed by atoms with van der Waals surface area (Å²) < 4.78 is 66.3. The zero-order valence-corrected chi connectivity index (χ0v) is 18.7. The van der Waals surface area contributed by atoms with Gasteiger partial charge in [0.25, 0.3) is 5.91 Å². The van der Waals surface area contributed by atoms with Crippen molar-refractivity contribution in [2.24, 2.45) is 0 Å². The average Bonchev–Trinajstić information content (AvgIpc) is 3.04. The minimum absolute atomic E-state index is 0.140. The van der Waals surface area contributed by atoms with Crippen molar-refractivity contribution in [2.75, 3.05) is 11.5 Å². The van der Waals surface area contributed by atoms with Crippen LogP contribution < -0.4 is 10.1 Å². The molecule has 176 valence electrons. The molecule has 33 heavy (non-hydrogen) atoms. The van der Waals surface area contributed by atoms with E-state index in [1.165, 1.54) is 12.4 Å². The molecule has 1 fully saturated rings. The fraction of sp³-hybridized carbons (Fsp3) is 0.400. The standard InChI is InChI=1S/C20H20F3N5O4S/c1-11(2)28-15-5-13(18(29)26-19(3)9-33(30,31)10-19)7-25-17(15)16(27-28)12-4-14(8-24-6-12)32-20(21,22)23/h4-8,11H,9-10H2,1-3H3,(H,26,29). The third-order valence-corrected chi connectivity index (χ3v) is 7.16. The van der Waals surface area contributed by atoms with Crippen molar-refractivity contribution in [1.29, 1.82) is 0 Å². The third kappa shape index (κ3) is 4.77. The molecule has 1 N–H and O–H groups in total. The number of halogens is 3. The Balaban J connectivity index is 1.71. The van der Waals surface area contributed by atoms with E-state index in [0.717, 1.165) is 12.3 Å². The van der Waals surface area contributed by atoms with Gasteiger partial charge in [-0.25, -0.2) is 8.42 Å². The lowest BCUT2D eigenvalue weighted by Gasteiger charge is -2.38. The fourth-order valence-electron chi connectivity index (χ4n) is 3.82. The van der Waals surface area contributed by atoms with Gasteiger partial charge in [0, 0.05) is 24.0 Å². The molecule has 0 atom stereocenters. The van der Waals surface area contributed by atoms with Crippen LogP contribution in [0.3, 0.4) is 0 Å². The van der Waals surface area contributed by atoms with Crippen molar-refractivity contribution < 1.29 is 31.1 Å². The van der Waals surface area contributed by atoms with E-state index in [1.54, 1.807) is 17.7 Å². The van der Waals surface area contributed by atoms with Crippen molar-refractivity contribution in [3.63, 3.8) is 0 Å². The summed E-state index contributed by atoms with van der Waals surface area (Å²) in [6, 6.07) is 2.57. The first kappa shape index (κ1) is 23.0. The quantitative estimate of drug-likeness (QED) is 0.593. The number of fused-ring (bicyclic) bond motifs is 1. The Morgan fingerprint density at radius 3 is 2.52 bits per heavy atom. The summed E-state index contributed by atoms with van der Waals surface area (Å²) in [4.78, 5) is 20.9. The Bertz CT molecular complexity index is 1340. The van der Waals surface area contributed by atoms with Crippen LogP contribution in [0.2, 0.25) is 0 Å². The highest BCUT2D eigenvalue weighted by molar-refractivity contribution is 7.93. The summed E-state index contributed by atoms with van der Waals surface area (Å²) in [5, 5.41) is 7.21. The minimum atomic E-state index is -4.86. The molecular weight excluding hydrogens is 463 g/mol. The Morgan fingerprint density at radius 2 is 1.91 bits per heavy atom. The summed E-state index contributed by atoms with van der Waals surface area (Å²) in [6.07, 6.45) is -1.27. The van der Waals surface area contributed by atoms with Gasteiger partial charge in [0.2, 0.25) is 0 Å². The van der Waals surface area contributed by atoms with E-state index in [2.05, 4.69) is 25.1 Å². The van der Waals surface area contributed by atoms with Crippen LogP contribution in [0.25, 0.3) is 22.3 Å². The van der Waals surface area contributed by atoms with Crippen LogP contribution in [-0.2, 0) is 9.84 Å². The highest BCUT2D eigenvalue weighted by Gasteiger charge is 2.45. The SMILES string of the molecule is CC(C)n1nc(-c2cncc(OC(F)(F)F)c2)c2ncc(C(=O)NC3(C)CS(=O)(=O)C3)cc21. The first-order valence-electron chi connectivity index (χ1n) is 9.88. The van der Waals surface area contributed by atoms with Gasteiger partial charge < -0.3 is 10.1 Å². The van der Waals surface area contributed by atoms with E-state index >= 15 is 0 Å². The molecule has 1 amide bonds. The van der Waals surface area contributed by atoms with Crippen LogP contribution in [0.5, 0.6) is 5.75 Å². The number of aromatic nitrogens is 4. The molecule has 1 aliphatic heterocycles. The first-order valence-corrected chi connectivity index (χ1v) is 11.7. The number of amides is 1. The smallest absolute Gasteiger partial charge is 0.404 e. The van der Waals surface area contributed by atoms with Gasteiger partial charge in [-0.2, -0.15) is 5.10 Å². The highest BCUT2D eigenvalue weighted by atomic mass is 32.2. The van der Waals surface area contributed by atoms with Crippen LogP contribution in [0.4, 0.5) is 13.2 Å². The number of hydrogen-bond donors (Lipinski definition) is 1. The van der Waals surface area contributed by atoms with Gasteiger partial charge in [-0.1, -0.05) is 0 Å². The van der Waals surface area contributed by atoms with Gasteiger partial charge in [0.15, 0.2) is 9.84 Å². The molecule has 4 rings (SSSR count). The van der Waals surface area contributed by atoms with Gasteiger partial charge >= 0.3 is 6.36 Å². The predicted molar refractivity (Wildman–Crippen MR) is 112 cm³/mol. The molecule has 0 aromatic carbocycles. The van der Waals surface area contributed by atoms with Crippen molar-refractivity contribution in [2.45, 2.75) is 38.7 Å². The number of ether oxygens (including phenoxy) is 1. The van der Waals surface area contributed by atoms with E-state index in [4.69, 9.17) is 0 Å². The molecule has 9 nitrogen and oxygen atoms in total. The van der Waals surface area contributed by atoms with Gasteiger partial charge in [-0.3, -0.25) is 19.4 Å². The monoisotopic (exact) mass is 483 g/mol. The predicted octanol–water partition coefficient (Wildman–Crippen LogP) is 2.89. The van der Waals surface area contributed by atoms with Gasteiger partial charge in [-0.15, -0.1) is 13.2 Å². The number of carbonyl (C=O) groups is 1. The van der Waals surface area contributed by atoms with E-state index in [9.17, 15) is 26.4 Å². The molecule has 0 radical (unpaired) electrons. The van der Waals surface area contributed by atoms with E-state index in [0.29, 0.717) is 11.0 Å². The van der Waals surface area contributed by atoms with Gasteiger partial charge in [0.1, 0.15) is 17.0 Å². The lowest BCUT2D eigenvalue weighted by atomic mass is 10.1. The zero-order valence-electron chi connectivity index (χ0n) is 17.8. The molecule has 13 heteroatoms. The molecule has 0 unspecified atom stereocenters. The number of nitrogens with one attached hydrogen (secondary N) is 1. The Kier molecular flexibility index (Phi) is 5.34. The van der Waals surface area contributed by atoms with Crippen LogP contribution in [0.15, 0.2) is 30.7 Å². The second-order valence-electron chi connectivity index (χ2n) is 8.48. The molecule has 0 bridgehead atoms.